The van der Waals surface area contributed by atoms with E-state index in [9.17, 15) is 43.8 Å². The van der Waals surface area contributed by atoms with Gasteiger partial charge in [0.25, 0.3) is 0 Å². The summed E-state index contributed by atoms with van der Waals surface area (Å²) in [5.74, 6) is -3.28. The Morgan fingerprint density at radius 2 is 1.31 bits per heavy atom. The number of carbonyl (C=O) groups excluding carboxylic acids is 7. The Morgan fingerprint density at radius 1 is 0.720 bits per heavy atom. The highest BCUT2D eigenvalue weighted by atomic mass is 16.5. The van der Waals surface area contributed by atoms with Crippen LogP contribution in [0.1, 0.15) is 126 Å². The van der Waals surface area contributed by atoms with E-state index in [0.717, 1.165) is 0 Å². The Kier molecular flexibility index (Phi) is 18.6. The fourth-order valence-electron chi connectivity index (χ4n) is 12.7. The number of hydrogen-bond donors (Lipinski definition) is 5. The number of carbonyl (C=O) groups is 7. The summed E-state index contributed by atoms with van der Waals surface area (Å²) in [6, 6.07) is -0.921. The van der Waals surface area contributed by atoms with Gasteiger partial charge in [0.1, 0.15) is 5.60 Å². The molecule has 1 unspecified atom stereocenters. The number of aliphatic hydroxyl groups excluding tert-OH is 1. The van der Waals surface area contributed by atoms with Crippen molar-refractivity contribution < 1.29 is 67.5 Å². The van der Waals surface area contributed by atoms with Gasteiger partial charge in [-0.1, -0.05) is 40.5 Å². The summed E-state index contributed by atoms with van der Waals surface area (Å²) in [4.78, 5) is 112. The molecule has 5 aliphatic rings. The quantitative estimate of drug-likeness (QED) is 0.0613. The molecule has 1 saturated heterocycles. The molecule has 0 aromatic carbocycles. The first-order chi connectivity index (χ1) is 35.2. The fraction of sp³-hybridized carbons (Fsp3) is 0.673. The highest BCUT2D eigenvalue weighted by Gasteiger charge is 2.68. The van der Waals surface area contributed by atoms with Crippen LogP contribution < -0.4 is 16.0 Å². The number of amides is 2. The van der Waals surface area contributed by atoms with Gasteiger partial charge in [0.2, 0.25) is 11.8 Å². The molecule has 20 nitrogen and oxygen atoms in total. The van der Waals surface area contributed by atoms with Gasteiger partial charge in [0.15, 0.2) is 0 Å². The van der Waals surface area contributed by atoms with Crippen molar-refractivity contribution in [3.8, 4) is 12.3 Å². The van der Waals surface area contributed by atoms with Crippen LogP contribution in [0.25, 0.3) is 0 Å². The number of rotatable bonds is 21. The topological polar surface area (TPSA) is 279 Å². The number of aliphatic hydroxyl groups is 2. The number of nitrogens with zero attached hydrogens (tertiary/aromatic N) is 3. The van der Waals surface area contributed by atoms with Gasteiger partial charge >= 0.3 is 29.8 Å². The van der Waals surface area contributed by atoms with Gasteiger partial charge in [-0.05, 0) is 63.7 Å². The monoisotopic (exact) mass is 1050 g/mol. The number of fused-ring (bicyclic) bond motifs is 6. The van der Waals surface area contributed by atoms with Crippen LogP contribution in [0.15, 0.2) is 49.3 Å². The van der Waals surface area contributed by atoms with Crippen molar-refractivity contribution in [3.05, 3.63) is 34.3 Å². The average molecular weight is 1050 g/mol. The maximum Gasteiger partial charge on any atom is 0.306 e. The first kappa shape index (κ1) is 59.7. The molecule has 2 amide bonds. The minimum absolute atomic E-state index is 0.00590. The normalized spacial score (nSPS) is 32.2. The highest BCUT2D eigenvalue weighted by Crippen LogP contribution is 2.62. The number of esters is 5. The van der Waals surface area contributed by atoms with E-state index in [1.54, 1.807) is 19.9 Å². The summed E-state index contributed by atoms with van der Waals surface area (Å²) in [5, 5.41) is 32.8. The molecule has 0 aliphatic carbocycles. The number of nitrogens with one attached hydrogen (secondary N) is 3. The standard InChI is InChI=1S/C55H78N6O14/c1-15-24-56-38(63)20-23-55(70)37-28-36-50(4,5)33(16-18-40(65)71-10)45(58-36)31(2)47-51(6,22-21-42(67)73-12)35(27-43(68)74-13)49(60-47)54(9)52(7,30-44(69)75-14)34(17-19-41(66)72-11)46(61-54)32(3)48(59-37)53(55,8)29-39(64)57-25-26-62/h1,28,33-35,49,61-62,70H,16-27,29-30H2,2-14H3,(H,56,63)(H,57,64)/b37-28?,45-31-,46-32-/t33-,34-,35+,49?,51-,52+,53-,54+,55+/m1/s1. The zero-order chi connectivity index (χ0) is 56.1. The molecule has 0 aromatic heterocycles. The summed E-state index contributed by atoms with van der Waals surface area (Å²) < 4.78 is 26.3. The van der Waals surface area contributed by atoms with Crippen molar-refractivity contribution in [2.75, 3.05) is 55.2 Å². The molecular weight excluding hydrogens is 969 g/mol. The SMILES string of the molecule is C#CCNC(=O)CC[C@]1(O)C2=CC3=N/C(=C(/C)C4=NC([C@H](CC(=O)OC)[C@@]4(C)CCC(=O)OC)[C@]4(C)N/C(=C(/C)C(=N2)[C@@]1(C)CC(=O)NCCO)[C@@H](CCC(=O)OC)[C@]4(C)CC(=O)OC)[C@@H](CCC(=O)OC)C3(C)C. The molecule has 1 fully saturated rings. The fourth-order valence-corrected chi connectivity index (χ4v) is 12.7. The molecule has 9 atom stereocenters. The smallest absolute Gasteiger partial charge is 0.306 e. The molecule has 0 radical (unpaired) electrons. The van der Waals surface area contributed by atoms with Crippen LogP contribution in [0.4, 0.5) is 0 Å². The number of aliphatic imine (C=N–C) groups is 3. The highest BCUT2D eigenvalue weighted by molar-refractivity contribution is 6.12. The summed E-state index contributed by atoms with van der Waals surface area (Å²) in [6.07, 6.45) is 6.09. The molecule has 0 saturated carbocycles. The van der Waals surface area contributed by atoms with Crippen molar-refractivity contribution >= 4 is 58.8 Å². The zero-order valence-corrected chi connectivity index (χ0v) is 46.0. The number of ether oxygens (including phenoxy) is 5. The Balaban J connectivity index is 2.06. The van der Waals surface area contributed by atoms with Crippen LogP contribution in [-0.2, 0) is 57.2 Å². The van der Waals surface area contributed by atoms with E-state index in [1.165, 1.54) is 35.5 Å². The Morgan fingerprint density at radius 3 is 1.88 bits per heavy atom. The third-order valence-electron chi connectivity index (χ3n) is 17.5. The number of hydrogen-bond acceptors (Lipinski definition) is 18. The van der Waals surface area contributed by atoms with Gasteiger partial charge in [-0.3, -0.25) is 48.5 Å². The molecule has 412 valence electrons. The first-order valence-electron chi connectivity index (χ1n) is 25.5. The van der Waals surface area contributed by atoms with E-state index in [0.29, 0.717) is 34.0 Å². The van der Waals surface area contributed by atoms with Crippen LogP contribution in [-0.4, -0.2) is 141 Å². The number of methoxy groups -OCH3 is 5. The largest absolute Gasteiger partial charge is 0.469 e. The van der Waals surface area contributed by atoms with Gasteiger partial charge in [-0.15, -0.1) is 6.42 Å². The molecule has 5 rings (SSSR count). The first-order valence-corrected chi connectivity index (χ1v) is 25.5. The Hall–Kier alpha value is -6.20. The molecular formula is C55H78N6O14. The minimum atomic E-state index is -2.10. The van der Waals surface area contributed by atoms with Gasteiger partial charge in [0, 0.05) is 95.5 Å². The third-order valence-corrected chi connectivity index (χ3v) is 17.5. The molecule has 8 bridgehead atoms. The molecule has 5 aliphatic heterocycles. The van der Waals surface area contributed by atoms with Crippen LogP contribution in [0.2, 0.25) is 0 Å². The van der Waals surface area contributed by atoms with E-state index < -0.39 is 105 Å². The lowest BCUT2D eigenvalue weighted by atomic mass is 9.56. The predicted octanol–water partition coefficient (Wildman–Crippen LogP) is 4.17. The van der Waals surface area contributed by atoms with Crippen molar-refractivity contribution in [2.24, 2.45) is 54.4 Å². The van der Waals surface area contributed by atoms with Crippen molar-refractivity contribution in [2.45, 2.75) is 143 Å². The van der Waals surface area contributed by atoms with Gasteiger partial charge < -0.3 is 49.8 Å². The maximum absolute atomic E-state index is 14.2. The van der Waals surface area contributed by atoms with Crippen molar-refractivity contribution in [1.29, 1.82) is 0 Å². The van der Waals surface area contributed by atoms with Gasteiger partial charge in [-0.25, -0.2) is 0 Å². The second-order valence-electron chi connectivity index (χ2n) is 21.8. The third kappa shape index (κ3) is 11.1. The summed E-state index contributed by atoms with van der Waals surface area (Å²) in [5.41, 5.74) is -5.07. The predicted molar refractivity (Wildman–Crippen MR) is 277 cm³/mol. The Bertz CT molecular complexity index is 2550. The van der Waals surface area contributed by atoms with Crippen LogP contribution in [0, 0.1) is 51.8 Å². The van der Waals surface area contributed by atoms with Crippen LogP contribution in [0.3, 0.4) is 0 Å². The molecule has 75 heavy (non-hydrogen) atoms. The molecule has 20 heteroatoms. The minimum Gasteiger partial charge on any atom is -0.469 e. The second kappa shape index (κ2) is 23.4. The molecule has 5 heterocycles. The van der Waals surface area contributed by atoms with Gasteiger partial charge in [0.05, 0.1) is 89.9 Å². The van der Waals surface area contributed by atoms with Crippen molar-refractivity contribution in [3.63, 3.8) is 0 Å². The van der Waals surface area contributed by atoms with Crippen LogP contribution >= 0.6 is 0 Å². The van der Waals surface area contributed by atoms with E-state index in [1.807, 2.05) is 41.5 Å². The van der Waals surface area contributed by atoms with E-state index in [4.69, 9.17) is 45.1 Å². The van der Waals surface area contributed by atoms with E-state index >= 15 is 0 Å². The lowest BCUT2D eigenvalue weighted by molar-refractivity contribution is -0.147. The van der Waals surface area contributed by atoms with Gasteiger partial charge in [-0.2, -0.15) is 0 Å². The van der Waals surface area contributed by atoms with Crippen LogP contribution in [0.5, 0.6) is 0 Å². The van der Waals surface area contributed by atoms with E-state index in [-0.39, 0.29) is 95.3 Å². The lowest BCUT2D eigenvalue weighted by Gasteiger charge is -2.48. The lowest BCUT2D eigenvalue weighted by Crippen LogP contribution is -2.60. The van der Waals surface area contributed by atoms with E-state index in [2.05, 4.69) is 21.9 Å². The molecule has 0 spiro atoms. The molecule has 0 aromatic rings. The zero-order valence-electron chi connectivity index (χ0n) is 46.0. The number of terminal acetylenes is 1. The summed E-state index contributed by atoms with van der Waals surface area (Å²) in [7, 11) is 6.44. The summed E-state index contributed by atoms with van der Waals surface area (Å²) >= 11 is 0. The van der Waals surface area contributed by atoms with Crippen molar-refractivity contribution in [1.82, 2.24) is 16.0 Å². The summed E-state index contributed by atoms with van der Waals surface area (Å²) in [6.45, 7) is 14.5. The molecule has 5 N–H and O–H groups in total. The maximum atomic E-state index is 14.2. The average Bonchev–Trinajstić information content (AvgIpc) is 3.97. The second-order valence-corrected chi connectivity index (χ2v) is 21.8. The Labute approximate surface area is 440 Å². The number of allylic oxidation sites excluding steroid dienone is 5.